The predicted molar refractivity (Wildman–Crippen MR) is 89.4 cm³/mol. The van der Waals surface area contributed by atoms with E-state index in [1.807, 2.05) is 24.3 Å². The Hall–Kier alpha value is -2.96. The molecule has 0 aliphatic carbocycles. The van der Waals surface area contributed by atoms with Gasteiger partial charge in [-0.3, -0.25) is 0 Å². The highest BCUT2D eigenvalue weighted by Gasteiger charge is 2.28. The number of nitrogens with one attached hydrogen (secondary N) is 1. The lowest BCUT2D eigenvalue weighted by Gasteiger charge is -2.21. The molecule has 1 N–H and O–H groups in total. The molecule has 7 heteroatoms. The van der Waals surface area contributed by atoms with Gasteiger partial charge in [-0.15, -0.1) is 0 Å². The van der Waals surface area contributed by atoms with Crippen molar-refractivity contribution in [3.8, 4) is 39.9 Å². The van der Waals surface area contributed by atoms with Crippen molar-refractivity contribution < 1.29 is 23.7 Å². The largest absolute Gasteiger partial charge is 0.497 e. The number of nitrogens with zero attached hydrogens (tertiary/aromatic N) is 1. The molecule has 0 saturated carbocycles. The van der Waals surface area contributed by atoms with Crippen LogP contribution in [0.15, 0.2) is 29.4 Å². The molecule has 0 fully saturated rings. The number of methoxy groups -OCH3 is 5. The molecule has 0 saturated heterocycles. The first-order chi connectivity index (χ1) is 11.7. The number of ether oxygens (including phenoxy) is 5. The van der Waals surface area contributed by atoms with Gasteiger partial charge in [0.1, 0.15) is 5.75 Å². The maximum atomic E-state index is 7.44. The van der Waals surface area contributed by atoms with Crippen LogP contribution in [0.2, 0.25) is 0 Å². The molecule has 2 aromatic carbocycles. The van der Waals surface area contributed by atoms with Crippen molar-refractivity contribution in [1.29, 1.82) is 5.53 Å². The Labute approximate surface area is 140 Å². The first-order valence-electron chi connectivity index (χ1n) is 7.08. The third kappa shape index (κ3) is 2.80. The molecule has 0 radical (unpaired) electrons. The van der Waals surface area contributed by atoms with E-state index in [1.54, 1.807) is 7.11 Å². The smallest absolute Gasteiger partial charge is 0.193 e. The monoisotopic (exact) mass is 332 g/mol. The molecule has 0 atom stereocenters. The van der Waals surface area contributed by atoms with Crippen LogP contribution >= 0.6 is 0 Å². The quantitative estimate of drug-likeness (QED) is 0.773. The van der Waals surface area contributed by atoms with E-state index in [-0.39, 0.29) is 5.69 Å². The van der Waals surface area contributed by atoms with Crippen LogP contribution in [0, 0.1) is 5.53 Å². The number of hydrogen-bond donors (Lipinski definition) is 1. The zero-order valence-corrected chi connectivity index (χ0v) is 14.3. The van der Waals surface area contributed by atoms with Crippen LogP contribution in [0.4, 0.5) is 5.69 Å². The highest BCUT2D eigenvalue weighted by molar-refractivity contribution is 5.89. The van der Waals surface area contributed by atoms with Crippen molar-refractivity contribution in [3.05, 3.63) is 24.3 Å². The fourth-order valence-electron chi connectivity index (χ4n) is 2.54. The summed E-state index contributed by atoms with van der Waals surface area (Å²) in [6.07, 6.45) is 0. The van der Waals surface area contributed by atoms with E-state index in [9.17, 15) is 0 Å². The van der Waals surface area contributed by atoms with Gasteiger partial charge in [0.2, 0.25) is 0 Å². The van der Waals surface area contributed by atoms with E-state index in [2.05, 4.69) is 5.11 Å². The Morgan fingerprint density at radius 1 is 0.667 bits per heavy atom. The summed E-state index contributed by atoms with van der Waals surface area (Å²) in [7, 11) is 7.61. The molecule has 24 heavy (non-hydrogen) atoms. The Morgan fingerprint density at radius 2 is 1.12 bits per heavy atom. The predicted octanol–water partition coefficient (Wildman–Crippen LogP) is 4.06. The van der Waals surface area contributed by atoms with Crippen LogP contribution < -0.4 is 23.7 Å². The van der Waals surface area contributed by atoms with Crippen LogP contribution in [0.1, 0.15) is 0 Å². The van der Waals surface area contributed by atoms with Gasteiger partial charge < -0.3 is 23.7 Å². The van der Waals surface area contributed by atoms with E-state index in [1.165, 1.54) is 28.4 Å². The second-order valence-corrected chi connectivity index (χ2v) is 4.70. The van der Waals surface area contributed by atoms with Crippen LogP contribution in [0.5, 0.6) is 28.7 Å². The minimum Gasteiger partial charge on any atom is -0.497 e. The lowest BCUT2D eigenvalue weighted by atomic mass is 10.0. The van der Waals surface area contributed by atoms with Crippen LogP contribution in [0.25, 0.3) is 11.1 Å². The van der Waals surface area contributed by atoms with Gasteiger partial charge in [0.05, 0.1) is 41.1 Å². The first kappa shape index (κ1) is 17.4. The number of benzene rings is 2. The molecule has 7 nitrogen and oxygen atoms in total. The molecule has 0 bridgehead atoms. The molecule has 2 rings (SSSR count). The molecule has 128 valence electrons. The standard InChI is InChI=1S/C17H20N2O5/c1-20-11-8-6-10(7-9-11)12-14(21-2)16(23-4)13(19-18)17(24-5)15(12)22-3/h6-9,18H,1-5H3. The summed E-state index contributed by atoms with van der Waals surface area (Å²) in [5.41, 5.74) is 9.10. The lowest BCUT2D eigenvalue weighted by Crippen LogP contribution is -2.00. The normalized spacial score (nSPS) is 10.0. The average Bonchev–Trinajstić information content (AvgIpc) is 2.65. The summed E-state index contributed by atoms with van der Waals surface area (Å²) in [6.45, 7) is 0. The minimum absolute atomic E-state index is 0.200. The third-order valence-electron chi connectivity index (χ3n) is 3.60. The fourth-order valence-corrected chi connectivity index (χ4v) is 2.54. The van der Waals surface area contributed by atoms with Crippen molar-refractivity contribution in [2.24, 2.45) is 5.11 Å². The molecule has 0 aromatic heterocycles. The topological polar surface area (TPSA) is 82.4 Å². The molecule has 0 unspecified atom stereocenters. The van der Waals surface area contributed by atoms with Gasteiger partial charge in [0.25, 0.3) is 0 Å². The van der Waals surface area contributed by atoms with Gasteiger partial charge >= 0.3 is 0 Å². The van der Waals surface area contributed by atoms with Gasteiger partial charge in [0, 0.05) is 0 Å². The zero-order valence-electron chi connectivity index (χ0n) is 14.3. The van der Waals surface area contributed by atoms with Gasteiger partial charge in [0.15, 0.2) is 28.7 Å². The van der Waals surface area contributed by atoms with E-state index < -0.39 is 0 Å². The SMILES string of the molecule is COc1ccc(-c2c(OC)c(OC)c(N=N)c(OC)c2OC)cc1. The molecule has 0 heterocycles. The summed E-state index contributed by atoms with van der Waals surface area (Å²) in [6, 6.07) is 7.40. The maximum absolute atomic E-state index is 7.44. The molecular weight excluding hydrogens is 312 g/mol. The molecular formula is C17H20N2O5. The van der Waals surface area contributed by atoms with Gasteiger partial charge in [-0.25, -0.2) is 5.53 Å². The van der Waals surface area contributed by atoms with E-state index in [0.29, 0.717) is 28.6 Å². The highest BCUT2D eigenvalue weighted by Crippen LogP contribution is 2.56. The molecule has 0 aliphatic heterocycles. The van der Waals surface area contributed by atoms with Gasteiger partial charge in [-0.1, -0.05) is 12.1 Å². The van der Waals surface area contributed by atoms with Crippen LogP contribution in [-0.4, -0.2) is 35.5 Å². The summed E-state index contributed by atoms with van der Waals surface area (Å²) in [5.74, 6) is 2.15. The van der Waals surface area contributed by atoms with E-state index >= 15 is 0 Å². The molecule has 0 spiro atoms. The molecule has 0 amide bonds. The Morgan fingerprint density at radius 3 is 1.46 bits per heavy atom. The van der Waals surface area contributed by atoms with Crippen molar-refractivity contribution in [2.75, 3.05) is 35.5 Å². The summed E-state index contributed by atoms with van der Waals surface area (Å²) >= 11 is 0. The Kier molecular flexibility index (Phi) is 5.47. The van der Waals surface area contributed by atoms with E-state index in [0.717, 1.165) is 11.3 Å². The highest BCUT2D eigenvalue weighted by atomic mass is 16.5. The summed E-state index contributed by atoms with van der Waals surface area (Å²) < 4.78 is 27.1. The van der Waals surface area contributed by atoms with Crippen LogP contribution in [-0.2, 0) is 0 Å². The van der Waals surface area contributed by atoms with Gasteiger partial charge in [-0.2, -0.15) is 5.11 Å². The zero-order chi connectivity index (χ0) is 17.7. The first-order valence-corrected chi connectivity index (χ1v) is 7.08. The minimum atomic E-state index is 0.200. The maximum Gasteiger partial charge on any atom is 0.193 e. The van der Waals surface area contributed by atoms with Gasteiger partial charge in [-0.05, 0) is 17.7 Å². The van der Waals surface area contributed by atoms with Crippen molar-refractivity contribution in [2.45, 2.75) is 0 Å². The Balaban J connectivity index is 2.87. The summed E-state index contributed by atoms with van der Waals surface area (Å²) in [4.78, 5) is 0. The van der Waals surface area contributed by atoms with Crippen molar-refractivity contribution in [1.82, 2.24) is 0 Å². The van der Waals surface area contributed by atoms with Crippen LogP contribution in [0.3, 0.4) is 0 Å². The summed E-state index contributed by atoms with van der Waals surface area (Å²) in [5, 5.41) is 3.51. The number of rotatable bonds is 7. The average molecular weight is 332 g/mol. The molecule has 2 aromatic rings. The second kappa shape index (κ2) is 7.54. The number of hydrogen-bond acceptors (Lipinski definition) is 7. The second-order valence-electron chi connectivity index (χ2n) is 4.70. The van der Waals surface area contributed by atoms with E-state index in [4.69, 9.17) is 29.2 Å². The van der Waals surface area contributed by atoms with Crippen molar-refractivity contribution >= 4 is 5.69 Å². The lowest BCUT2D eigenvalue weighted by molar-refractivity contribution is 0.332. The van der Waals surface area contributed by atoms with Crippen molar-refractivity contribution in [3.63, 3.8) is 0 Å². The Bertz CT molecular complexity index is 696. The molecule has 0 aliphatic rings. The fraction of sp³-hybridized carbons (Fsp3) is 0.294. The third-order valence-corrected chi connectivity index (χ3v) is 3.60.